The van der Waals surface area contributed by atoms with Crippen molar-refractivity contribution in [2.24, 2.45) is 11.8 Å². The maximum Gasteiger partial charge on any atom is 0.312 e. The van der Waals surface area contributed by atoms with E-state index in [4.69, 9.17) is 14.2 Å². The summed E-state index contributed by atoms with van der Waals surface area (Å²) in [6, 6.07) is -1.50. The molecular weight excluding hydrogens is 534 g/mol. The highest BCUT2D eigenvalue weighted by atomic mass is 79.9. The number of likely N-dealkylation sites (tertiary alicyclic amines) is 1. The highest BCUT2D eigenvalue weighted by Gasteiger charge is 2.77. The van der Waals surface area contributed by atoms with Gasteiger partial charge in [-0.05, 0) is 19.8 Å². The van der Waals surface area contributed by atoms with Crippen LogP contribution in [0.15, 0.2) is 12.7 Å². The summed E-state index contributed by atoms with van der Waals surface area (Å²) in [6.45, 7) is 11.7. The molecule has 4 saturated heterocycles. The average Bonchev–Trinajstić information content (AvgIpc) is 3.47. The summed E-state index contributed by atoms with van der Waals surface area (Å²) in [5.74, 6) is -2.66. The van der Waals surface area contributed by atoms with Crippen LogP contribution in [0.4, 0.5) is 0 Å². The Morgan fingerprint density at radius 1 is 1.36 bits per heavy atom. The van der Waals surface area contributed by atoms with Gasteiger partial charge in [0.15, 0.2) is 0 Å². The molecule has 4 heterocycles. The number of hydrogen-bond acceptors (Lipinski definition) is 8. The van der Waals surface area contributed by atoms with E-state index in [1.807, 2.05) is 6.92 Å². The first-order valence-electron chi connectivity index (χ1n) is 13.0. The molecule has 7 atom stereocenters. The Hall–Kier alpha value is -1.53. The highest BCUT2D eigenvalue weighted by Crippen LogP contribution is 2.60. The van der Waals surface area contributed by atoms with E-state index in [2.05, 4.69) is 27.4 Å². The van der Waals surface area contributed by atoms with Gasteiger partial charge in [-0.3, -0.25) is 19.3 Å². The van der Waals surface area contributed by atoms with Gasteiger partial charge < -0.3 is 29.1 Å². The zero-order chi connectivity index (χ0) is 26.0. The first-order chi connectivity index (χ1) is 17.3. The molecule has 11 heteroatoms. The Kier molecular flexibility index (Phi) is 8.76. The van der Waals surface area contributed by atoms with Gasteiger partial charge in [-0.2, -0.15) is 0 Å². The Labute approximate surface area is 221 Å². The molecule has 0 aromatic carbocycles. The lowest BCUT2D eigenvalue weighted by Crippen LogP contribution is -2.59. The smallest absolute Gasteiger partial charge is 0.312 e. The third-order valence-corrected chi connectivity index (χ3v) is 8.89. The third-order valence-electron chi connectivity index (χ3n) is 8.05. The summed E-state index contributed by atoms with van der Waals surface area (Å²) in [5.41, 5.74) is -1.16. The maximum atomic E-state index is 14.3. The molecular formula is C25H38BrN3O7. The van der Waals surface area contributed by atoms with Crippen LogP contribution in [-0.4, -0.2) is 125 Å². The van der Waals surface area contributed by atoms with Gasteiger partial charge in [0, 0.05) is 37.6 Å². The monoisotopic (exact) mass is 571 g/mol. The van der Waals surface area contributed by atoms with Gasteiger partial charge in [0.1, 0.15) is 11.6 Å². The van der Waals surface area contributed by atoms with E-state index < -0.39 is 41.6 Å². The number of carbonyl (C=O) groups is 3. The summed E-state index contributed by atoms with van der Waals surface area (Å²) >= 11 is 3.65. The van der Waals surface area contributed by atoms with Crippen LogP contribution in [0.5, 0.6) is 0 Å². The summed E-state index contributed by atoms with van der Waals surface area (Å²) in [6.07, 6.45) is 2.02. The Bertz CT molecular complexity index is 850. The number of rotatable bonds is 11. The van der Waals surface area contributed by atoms with Gasteiger partial charge in [0.05, 0.1) is 50.4 Å². The van der Waals surface area contributed by atoms with Crippen LogP contribution in [0, 0.1) is 11.8 Å². The van der Waals surface area contributed by atoms with Gasteiger partial charge in [-0.1, -0.05) is 28.9 Å². The Morgan fingerprint density at radius 2 is 2.08 bits per heavy atom. The van der Waals surface area contributed by atoms with Crippen molar-refractivity contribution in [1.82, 2.24) is 14.7 Å². The molecule has 4 fully saturated rings. The number of nitrogens with zero attached hydrogens (tertiary/aromatic N) is 3. The van der Waals surface area contributed by atoms with Crippen LogP contribution >= 0.6 is 15.9 Å². The fraction of sp³-hybridized carbons (Fsp3) is 0.800. The van der Waals surface area contributed by atoms with E-state index >= 15 is 0 Å². The molecule has 10 nitrogen and oxygen atoms in total. The molecule has 0 aromatic rings. The summed E-state index contributed by atoms with van der Waals surface area (Å²) in [4.78, 5) is 46.5. The van der Waals surface area contributed by atoms with Gasteiger partial charge in [0.2, 0.25) is 11.8 Å². The van der Waals surface area contributed by atoms with Gasteiger partial charge in [0.25, 0.3) is 0 Å². The Morgan fingerprint density at radius 3 is 2.69 bits per heavy atom. The van der Waals surface area contributed by atoms with Crippen LogP contribution in [0.25, 0.3) is 0 Å². The molecule has 0 aliphatic carbocycles. The standard InChI is InChI=1S/C25H38BrN3O7/c1-4-7-28(9-8-27-10-12-34-13-11-27)23(32)21-25-14-17(26)20(36-25)18(24(33)35-6-3)19(25)22(31)29(21)16(5-2)15-30/h4,16-21,30H,1,5-15H2,2-3H3/t16-,17?,18-,19+,20-,21-,25+/m0/s1. The van der Waals surface area contributed by atoms with Gasteiger partial charge in [-0.25, -0.2) is 0 Å². The second-order valence-electron chi connectivity index (χ2n) is 9.93. The number of alkyl halides is 1. The second kappa shape index (κ2) is 11.5. The van der Waals surface area contributed by atoms with Crippen molar-refractivity contribution in [3.63, 3.8) is 0 Å². The molecule has 4 aliphatic heterocycles. The minimum absolute atomic E-state index is 0.192. The van der Waals surface area contributed by atoms with Crippen LogP contribution in [0.2, 0.25) is 0 Å². The predicted octanol–water partition coefficient (Wildman–Crippen LogP) is 0.415. The van der Waals surface area contributed by atoms with Crippen molar-refractivity contribution in [1.29, 1.82) is 0 Å². The fourth-order valence-corrected chi connectivity index (χ4v) is 7.31. The second-order valence-corrected chi connectivity index (χ2v) is 11.1. The zero-order valence-electron chi connectivity index (χ0n) is 21.1. The lowest BCUT2D eigenvalue weighted by Gasteiger charge is -2.39. The zero-order valence-corrected chi connectivity index (χ0v) is 22.7. The van der Waals surface area contributed by atoms with E-state index in [-0.39, 0.29) is 29.9 Å². The number of carbonyl (C=O) groups excluding carboxylic acids is 3. The van der Waals surface area contributed by atoms with E-state index in [1.165, 1.54) is 4.90 Å². The molecule has 4 rings (SSSR count). The first kappa shape index (κ1) is 27.5. The lowest BCUT2D eigenvalue weighted by atomic mass is 9.70. The number of morpholine rings is 1. The maximum absolute atomic E-state index is 14.3. The summed E-state index contributed by atoms with van der Waals surface area (Å²) in [5, 5.41) is 10.2. The van der Waals surface area contributed by atoms with Gasteiger partial charge in [-0.15, -0.1) is 6.58 Å². The van der Waals surface area contributed by atoms with E-state index in [9.17, 15) is 19.5 Å². The van der Waals surface area contributed by atoms with E-state index in [0.29, 0.717) is 45.7 Å². The van der Waals surface area contributed by atoms with Gasteiger partial charge >= 0.3 is 5.97 Å². The van der Waals surface area contributed by atoms with Crippen molar-refractivity contribution in [3.05, 3.63) is 12.7 Å². The third kappa shape index (κ3) is 4.62. The van der Waals surface area contributed by atoms with Crippen molar-refractivity contribution in [2.45, 2.75) is 55.3 Å². The molecule has 0 aromatic heterocycles. The van der Waals surface area contributed by atoms with E-state index in [0.717, 1.165) is 13.1 Å². The molecule has 1 spiro atoms. The number of fused-ring (bicyclic) bond motifs is 1. The number of esters is 1. The average molecular weight is 572 g/mol. The highest BCUT2D eigenvalue weighted by molar-refractivity contribution is 9.09. The molecule has 0 radical (unpaired) electrons. The van der Waals surface area contributed by atoms with Crippen molar-refractivity contribution >= 4 is 33.7 Å². The first-order valence-corrected chi connectivity index (χ1v) is 13.9. The Balaban J connectivity index is 1.68. The van der Waals surface area contributed by atoms with Crippen molar-refractivity contribution in [2.75, 3.05) is 59.2 Å². The minimum atomic E-state index is -1.16. The topological polar surface area (TPSA) is 109 Å². The molecule has 2 bridgehead atoms. The molecule has 4 aliphatic rings. The quantitative estimate of drug-likeness (QED) is 0.216. The molecule has 36 heavy (non-hydrogen) atoms. The number of ether oxygens (including phenoxy) is 3. The van der Waals surface area contributed by atoms with Crippen LogP contribution < -0.4 is 0 Å². The van der Waals surface area contributed by atoms with Crippen LogP contribution in [0.1, 0.15) is 26.7 Å². The SMILES string of the molecule is C=CCN(CCN1CCOCC1)C(=O)[C@@H]1N([C@@H](CC)CO)C(=O)[C@H]2[C@H](C(=O)OCC)[C@H]3O[C@@]12CC3Br. The number of amides is 2. The molecule has 2 amide bonds. The van der Waals surface area contributed by atoms with Crippen molar-refractivity contribution in [3.8, 4) is 0 Å². The largest absolute Gasteiger partial charge is 0.466 e. The fourth-order valence-electron chi connectivity index (χ4n) is 6.37. The number of aliphatic hydroxyl groups excluding tert-OH is 1. The molecule has 1 N–H and O–H groups in total. The normalized spacial score (nSPS) is 34.5. The number of aliphatic hydroxyl groups is 1. The number of hydrogen-bond donors (Lipinski definition) is 1. The predicted molar refractivity (Wildman–Crippen MR) is 134 cm³/mol. The molecule has 0 saturated carbocycles. The summed E-state index contributed by atoms with van der Waals surface area (Å²) in [7, 11) is 0. The van der Waals surface area contributed by atoms with Crippen LogP contribution in [0.3, 0.4) is 0 Å². The minimum Gasteiger partial charge on any atom is -0.466 e. The lowest BCUT2D eigenvalue weighted by molar-refractivity contribution is -0.156. The summed E-state index contributed by atoms with van der Waals surface area (Å²) < 4.78 is 17.2. The van der Waals surface area contributed by atoms with Crippen LogP contribution in [-0.2, 0) is 28.6 Å². The molecule has 1 unspecified atom stereocenters. The number of halogens is 1. The molecule has 202 valence electrons. The van der Waals surface area contributed by atoms with E-state index in [1.54, 1.807) is 17.9 Å². The van der Waals surface area contributed by atoms with Crippen molar-refractivity contribution < 1.29 is 33.7 Å².